The van der Waals surface area contributed by atoms with Crippen molar-refractivity contribution < 1.29 is 22.4 Å². The van der Waals surface area contributed by atoms with Gasteiger partial charge in [-0.05, 0) is 86.0 Å². The van der Waals surface area contributed by atoms with E-state index in [2.05, 4.69) is 5.32 Å². The molecule has 0 unspecified atom stereocenters. The van der Waals surface area contributed by atoms with Crippen molar-refractivity contribution in [3.8, 4) is 0 Å². The fraction of sp³-hybridized carbons (Fsp3) is 0.235. The van der Waals surface area contributed by atoms with E-state index in [9.17, 15) is 22.4 Å². The van der Waals surface area contributed by atoms with Crippen molar-refractivity contribution in [2.75, 3.05) is 10.8 Å². The summed E-state index contributed by atoms with van der Waals surface area (Å²) < 4.78 is 42.9. The molecule has 0 spiro atoms. The van der Waals surface area contributed by atoms with Crippen molar-refractivity contribution in [1.29, 1.82) is 0 Å². The van der Waals surface area contributed by atoms with Crippen LogP contribution in [-0.2, 0) is 32.6 Å². The first-order valence-corrected chi connectivity index (χ1v) is 16.0. The van der Waals surface area contributed by atoms with Crippen LogP contribution in [0.5, 0.6) is 0 Å². The number of rotatable bonds is 12. The Morgan fingerprint density at radius 1 is 0.864 bits per heavy atom. The Bertz CT molecular complexity index is 1680. The average molecular weight is 636 g/mol. The zero-order valence-corrected chi connectivity index (χ0v) is 26.4. The molecule has 1 N–H and O–H groups in total. The summed E-state index contributed by atoms with van der Waals surface area (Å²) in [6, 6.07) is 26.2. The lowest BCUT2D eigenvalue weighted by molar-refractivity contribution is -0.140. The standard InChI is InChI=1S/C34H35ClFN3O4S/c1-24(2)37-34(41)32(21-26-9-5-4-6-10-26)38(22-27-12-16-29(36)17-13-27)33(40)23-39(30-11-7-8-25(3)20-30)44(42,43)31-18-14-28(35)15-19-31/h4-20,24,32H,21-23H2,1-3H3,(H,37,41)/t32-/m0/s1. The summed E-state index contributed by atoms with van der Waals surface area (Å²) in [7, 11) is -4.24. The lowest BCUT2D eigenvalue weighted by Gasteiger charge is -2.34. The van der Waals surface area contributed by atoms with Gasteiger partial charge in [0.15, 0.2) is 0 Å². The molecule has 10 heteroatoms. The zero-order valence-electron chi connectivity index (χ0n) is 24.8. The maximum atomic E-state index is 14.4. The van der Waals surface area contributed by atoms with Crippen molar-refractivity contribution in [2.24, 2.45) is 0 Å². The molecule has 1 atom stereocenters. The molecular weight excluding hydrogens is 601 g/mol. The van der Waals surface area contributed by atoms with E-state index >= 15 is 0 Å². The van der Waals surface area contributed by atoms with Gasteiger partial charge >= 0.3 is 0 Å². The maximum absolute atomic E-state index is 14.4. The molecule has 0 heterocycles. The summed E-state index contributed by atoms with van der Waals surface area (Å²) in [6.07, 6.45) is 0.181. The van der Waals surface area contributed by atoms with Gasteiger partial charge in [0, 0.05) is 24.0 Å². The van der Waals surface area contributed by atoms with Crippen LogP contribution in [0.4, 0.5) is 10.1 Å². The largest absolute Gasteiger partial charge is 0.352 e. The molecule has 4 aromatic carbocycles. The Labute approximate surface area is 263 Å². The Hall–Kier alpha value is -4.21. The molecule has 2 amide bonds. The van der Waals surface area contributed by atoms with Crippen molar-refractivity contribution in [3.05, 3.63) is 131 Å². The predicted octanol–water partition coefficient (Wildman–Crippen LogP) is 6.15. The van der Waals surface area contributed by atoms with Gasteiger partial charge in [-0.2, -0.15) is 0 Å². The van der Waals surface area contributed by atoms with Crippen LogP contribution in [0, 0.1) is 12.7 Å². The van der Waals surface area contributed by atoms with Crippen LogP contribution < -0.4 is 9.62 Å². The number of carbonyl (C=O) groups excluding carboxylic acids is 2. The average Bonchev–Trinajstić information content (AvgIpc) is 2.98. The van der Waals surface area contributed by atoms with Crippen molar-refractivity contribution in [3.63, 3.8) is 0 Å². The number of nitrogens with zero attached hydrogens (tertiary/aromatic N) is 2. The molecule has 0 aliphatic heterocycles. The van der Waals surface area contributed by atoms with E-state index in [1.807, 2.05) is 57.2 Å². The lowest BCUT2D eigenvalue weighted by Crippen LogP contribution is -2.54. The lowest BCUT2D eigenvalue weighted by atomic mass is 10.0. The number of nitrogens with one attached hydrogen (secondary N) is 1. The highest BCUT2D eigenvalue weighted by Crippen LogP contribution is 2.27. The van der Waals surface area contributed by atoms with E-state index in [1.54, 1.807) is 18.2 Å². The number of hydrogen-bond acceptors (Lipinski definition) is 4. The predicted molar refractivity (Wildman–Crippen MR) is 171 cm³/mol. The van der Waals surface area contributed by atoms with Gasteiger partial charge in [0.05, 0.1) is 10.6 Å². The quantitative estimate of drug-likeness (QED) is 0.202. The number of amides is 2. The molecule has 230 valence electrons. The minimum absolute atomic E-state index is 0.0420. The number of hydrogen-bond donors (Lipinski definition) is 1. The topological polar surface area (TPSA) is 86.8 Å². The van der Waals surface area contributed by atoms with Gasteiger partial charge in [-0.1, -0.05) is 66.2 Å². The molecule has 0 aromatic heterocycles. The molecule has 4 rings (SSSR count). The SMILES string of the molecule is Cc1cccc(N(CC(=O)N(Cc2ccc(F)cc2)[C@@H](Cc2ccccc2)C(=O)NC(C)C)S(=O)(=O)c2ccc(Cl)cc2)c1. The van der Waals surface area contributed by atoms with Crippen LogP contribution in [0.2, 0.25) is 5.02 Å². The smallest absolute Gasteiger partial charge is 0.264 e. The minimum Gasteiger partial charge on any atom is -0.352 e. The second kappa shape index (κ2) is 14.5. The van der Waals surface area contributed by atoms with Crippen LogP contribution >= 0.6 is 11.6 Å². The van der Waals surface area contributed by atoms with E-state index in [0.29, 0.717) is 16.3 Å². The highest BCUT2D eigenvalue weighted by atomic mass is 35.5. The first-order valence-electron chi connectivity index (χ1n) is 14.2. The van der Waals surface area contributed by atoms with Gasteiger partial charge in [-0.15, -0.1) is 0 Å². The van der Waals surface area contributed by atoms with E-state index in [0.717, 1.165) is 15.4 Å². The first-order chi connectivity index (χ1) is 20.9. The molecule has 44 heavy (non-hydrogen) atoms. The van der Waals surface area contributed by atoms with Gasteiger partial charge in [-0.3, -0.25) is 13.9 Å². The van der Waals surface area contributed by atoms with Crippen LogP contribution in [0.25, 0.3) is 0 Å². The number of aryl methyl sites for hydroxylation is 1. The van der Waals surface area contributed by atoms with E-state index in [1.165, 1.54) is 53.4 Å². The zero-order chi connectivity index (χ0) is 31.9. The third-order valence-corrected chi connectivity index (χ3v) is 8.98. The summed E-state index contributed by atoms with van der Waals surface area (Å²) in [5, 5.41) is 3.28. The minimum atomic E-state index is -4.24. The molecule has 0 saturated heterocycles. The number of benzene rings is 4. The number of halogens is 2. The number of carbonyl (C=O) groups is 2. The molecule has 0 fully saturated rings. The summed E-state index contributed by atoms with van der Waals surface area (Å²) >= 11 is 6.03. The van der Waals surface area contributed by atoms with Crippen molar-refractivity contribution in [2.45, 2.75) is 50.7 Å². The van der Waals surface area contributed by atoms with E-state index in [-0.39, 0.29) is 29.8 Å². The Balaban J connectivity index is 1.80. The summed E-state index contributed by atoms with van der Waals surface area (Å²) in [6.45, 7) is 4.83. The van der Waals surface area contributed by atoms with Crippen LogP contribution in [0.15, 0.2) is 108 Å². The normalized spacial score (nSPS) is 12.0. The van der Waals surface area contributed by atoms with Crippen molar-refractivity contribution >= 4 is 39.1 Å². The van der Waals surface area contributed by atoms with Gasteiger partial charge in [-0.25, -0.2) is 12.8 Å². The van der Waals surface area contributed by atoms with Gasteiger partial charge < -0.3 is 10.2 Å². The number of sulfonamides is 1. The summed E-state index contributed by atoms with van der Waals surface area (Å²) in [5.74, 6) is -1.43. The molecular formula is C34H35ClFN3O4S. The van der Waals surface area contributed by atoms with Gasteiger partial charge in [0.2, 0.25) is 11.8 Å². The molecule has 0 bridgehead atoms. The molecule has 4 aromatic rings. The highest BCUT2D eigenvalue weighted by Gasteiger charge is 2.34. The van der Waals surface area contributed by atoms with E-state index < -0.39 is 34.3 Å². The Kier molecular flexibility index (Phi) is 10.8. The monoisotopic (exact) mass is 635 g/mol. The van der Waals surface area contributed by atoms with Crippen LogP contribution in [0.1, 0.15) is 30.5 Å². The molecule has 0 saturated carbocycles. The first kappa shape index (κ1) is 32.7. The van der Waals surface area contributed by atoms with Gasteiger partial charge in [0.1, 0.15) is 18.4 Å². The molecule has 0 radical (unpaired) electrons. The third-order valence-electron chi connectivity index (χ3n) is 6.94. The fourth-order valence-electron chi connectivity index (χ4n) is 4.77. The fourth-order valence-corrected chi connectivity index (χ4v) is 6.30. The second-order valence-electron chi connectivity index (χ2n) is 10.8. The summed E-state index contributed by atoms with van der Waals surface area (Å²) in [5.41, 5.74) is 2.49. The Morgan fingerprint density at radius 3 is 2.14 bits per heavy atom. The van der Waals surface area contributed by atoms with E-state index in [4.69, 9.17) is 11.6 Å². The molecule has 0 aliphatic rings. The molecule has 0 aliphatic carbocycles. The second-order valence-corrected chi connectivity index (χ2v) is 13.1. The number of anilines is 1. The Morgan fingerprint density at radius 2 is 1.52 bits per heavy atom. The maximum Gasteiger partial charge on any atom is 0.264 e. The molecule has 7 nitrogen and oxygen atoms in total. The van der Waals surface area contributed by atoms with Crippen molar-refractivity contribution in [1.82, 2.24) is 10.2 Å². The third kappa shape index (κ3) is 8.45. The van der Waals surface area contributed by atoms with Crippen LogP contribution in [0.3, 0.4) is 0 Å². The highest BCUT2D eigenvalue weighted by molar-refractivity contribution is 7.92. The van der Waals surface area contributed by atoms with Gasteiger partial charge in [0.25, 0.3) is 10.0 Å². The summed E-state index contributed by atoms with van der Waals surface area (Å²) in [4.78, 5) is 29.4. The van der Waals surface area contributed by atoms with Crippen LogP contribution in [-0.4, -0.2) is 43.8 Å².